The Hall–Kier alpha value is -0.390. The number of carbonyl (C=O) groups is 1. The molecule has 1 rings (SSSR count). The van der Waals surface area contributed by atoms with Crippen LogP contribution in [0.1, 0.15) is 23.5 Å². The summed E-state index contributed by atoms with van der Waals surface area (Å²) in [5.41, 5.74) is 0. The average molecular weight is 292 g/mol. The Balaban J connectivity index is 2.56. The number of halogens is 1. The van der Waals surface area contributed by atoms with Gasteiger partial charge in [0, 0.05) is 12.6 Å². The number of carbonyl (C=O) groups excluding carboxylic acids is 1. The smallest absolute Gasteiger partial charge is 0.261 e. The van der Waals surface area contributed by atoms with Crippen molar-refractivity contribution in [2.24, 2.45) is 5.92 Å². The summed E-state index contributed by atoms with van der Waals surface area (Å²) in [7, 11) is 0. The van der Waals surface area contributed by atoms with Crippen LogP contribution in [0.2, 0.25) is 0 Å². The molecule has 0 fully saturated rings. The highest BCUT2D eigenvalue weighted by Gasteiger charge is 2.15. The lowest BCUT2D eigenvalue weighted by Gasteiger charge is -2.18. The van der Waals surface area contributed by atoms with Crippen molar-refractivity contribution in [1.82, 2.24) is 5.32 Å². The van der Waals surface area contributed by atoms with Gasteiger partial charge in [0.1, 0.15) is 0 Å². The Morgan fingerprint density at radius 3 is 2.73 bits per heavy atom. The highest BCUT2D eigenvalue weighted by atomic mass is 79.9. The fraction of sp³-hybridized carbons (Fsp3) is 0.500. The van der Waals surface area contributed by atoms with Gasteiger partial charge in [-0.3, -0.25) is 4.79 Å². The Morgan fingerprint density at radius 1 is 1.60 bits per heavy atom. The molecule has 0 aliphatic carbocycles. The van der Waals surface area contributed by atoms with Gasteiger partial charge in [0.15, 0.2) is 0 Å². The maximum atomic E-state index is 11.7. The molecule has 2 unspecified atom stereocenters. The molecule has 0 aromatic carbocycles. The van der Waals surface area contributed by atoms with Crippen molar-refractivity contribution in [2.45, 2.75) is 19.9 Å². The maximum absolute atomic E-state index is 11.7. The minimum atomic E-state index is -0.0847. The quantitative estimate of drug-likeness (QED) is 0.894. The molecule has 1 aromatic rings. The van der Waals surface area contributed by atoms with E-state index < -0.39 is 0 Å². The van der Waals surface area contributed by atoms with Gasteiger partial charge < -0.3 is 10.4 Å². The molecule has 1 amide bonds. The minimum Gasteiger partial charge on any atom is -0.396 e. The summed E-state index contributed by atoms with van der Waals surface area (Å²) in [4.78, 5) is 12.4. The van der Waals surface area contributed by atoms with E-state index in [0.717, 1.165) is 3.79 Å². The third kappa shape index (κ3) is 3.59. The van der Waals surface area contributed by atoms with E-state index in [0.29, 0.717) is 4.88 Å². The van der Waals surface area contributed by atoms with E-state index in [1.807, 2.05) is 19.9 Å². The molecule has 84 valence electrons. The van der Waals surface area contributed by atoms with Crippen LogP contribution in [0.25, 0.3) is 0 Å². The summed E-state index contributed by atoms with van der Waals surface area (Å²) < 4.78 is 0.940. The number of amides is 1. The standard InChI is InChI=1S/C10H14BrNO2S/c1-6(5-13)7(2)12-10(14)8-3-4-9(11)15-8/h3-4,6-7,13H,5H2,1-2H3,(H,12,14). The first-order valence-electron chi connectivity index (χ1n) is 4.71. The second-order valence-electron chi connectivity index (χ2n) is 3.53. The van der Waals surface area contributed by atoms with Crippen LogP contribution in [0.3, 0.4) is 0 Å². The van der Waals surface area contributed by atoms with Gasteiger partial charge in [-0.2, -0.15) is 0 Å². The molecule has 3 nitrogen and oxygen atoms in total. The van der Waals surface area contributed by atoms with Crippen LogP contribution in [0, 0.1) is 5.92 Å². The second kappa shape index (κ2) is 5.63. The minimum absolute atomic E-state index is 0.0247. The normalized spacial score (nSPS) is 14.7. The predicted octanol–water partition coefficient (Wildman–Crippen LogP) is 2.26. The zero-order valence-corrected chi connectivity index (χ0v) is 11.1. The van der Waals surface area contributed by atoms with Gasteiger partial charge in [-0.15, -0.1) is 11.3 Å². The fourth-order valence-corrected chi connectivity index (χ4v) is 2.30. The van der Waals surface area contributed by atoms with Gasteiger partial charge in [-0.05, 0) is 40.9 Å². The zero-order chi connectivity index (χ0) is 11.4. The number of rotatable bonds is 4. The molecule has 15 heavy (non-hydrogen) atoms. The summed E-state index contributed by atoms with van der Waals surface area (Å²) in [6, 6.07) is 3.60. The molecule has 0 saturated carbocycles. The van der Waals surface area contributed by atoms with Crippen molar-refractivity contribution in [3.05, 3.63) is 20.8 Å². The van der Waals surface area contributed by atoms with Crippen molar-refractivity contribution in [2.75, 3.05) is 6.61 Å². The van der Waals surface area contributed by atoms with E-state index >= 15 is 0 Å². The summed E-state index contributed by atoms with van der Waals surface area (Å²) in [6.07, 6.45) is 0. The monoisotopic (exact) mass is 291 g/mol. The van der Waals surface area contributed by atoms with Crippen molar-refractivity contribution in [1.29, 1.82) is 0 Å². The van der Waals surface area contributed by atoms with Gasteiger partial charge in [0.2, 0.25) is 0 Å². The average Bonchev–Trinajstić information content (AvgIpc) is 2.63. The Bertz CT molecular complexity index is 340. The van der Waals surface area contributed by atoms with Gasteiger partial charge in [-0.1, -0.05) is 6.92 Å². The molecule has 2 N–H and O–H groups in total. The number of hydrogen-bond donors (Lipinski definition) is 2. The Kier molecular flexibility index (Phi) is 4.76. The molecule has 2 atom stereocenters. The molecule has 0 aliphatic rings. The van der Waals surface area contributed by atoms with Crippen LogP contribution in [-0.4, -0.2) is 23.7 Å². The van der Waals surface area contributed by atoms with Gasteiger partial charge >= 0.3 is 0 Å². The van der Waals surface area contributed by atoms with Crippen molar-refractivity contribution >= 4 is 33.2 Å². The van der Waals surface area contributed by atoms with Crippen LogP contribution in [-0.2, 0) is 0 Å². The first-order chi connectivity index (χ1) is 7.04. The third-order valence-electron chi connectivity index (χ3n) is 2.30. The van der Waals surface area contributed by atoms with Crippen LogP contribution >= 0.6 is 27.3 Å². The second-order valence-corrected chi connectivity index (χ2v) is 5.99. The van der Waals surface area contributed by atoms with Crippen LogP contribution in [0.15, 0.2) is 15.9 Å². The first-order valence-corrected chi connectivity index (χ1v) is 6.32. The van der Waals surface area contributed by atoms with Crippen LogP contribution in [0.5, 0.6) is 0 Å². The summed E-state index contributed by atoms with van der Waals surface area (Å²) in [5, 5.41) is 11.8. The number of aliphatic hydroxyl groups excluding tert-OH is 1. The Labute approximate surface area is 102 Å². The first kappa shape index (κ1) is 12.7. The number of thiophene rings is 1. The maximum Gasteiger partial charge on any atom is 0.261 e. The lowest BCUT2D eigenvalue weighted by atomic mass is 10.1. The highest BCUT2D eigenvalue weighted by Crippen LogP contribution is 2.22. The summed E-state index contributed by atoms with van der Waals surface area (Å²) in [5.74, 6) is -0.0177. The lowest BCUT2D eigenvalue weighted by molar-refractivity contribution is 0.0920. The van der Waals surface area contributed by atoms with Crippen LogP contribution < -0.4 is 5.32 Å². The van der Waals surface area contributed by atoms with Gasteiger partial charge in [0.25, 0.3) is 5.91 Å². The topological polar surface area (TPSA) is 49.3 Å². The largest absolute Gasteiger partial charge is 0.396 e. The molecule has 0 saturated heterocycles. The fourth-order valence-electron chi connectivity index (χ4n) is 1.01. The molecule has 1 aromatic heterocycles. The molecule has 0 bridgehead atoms. The molecule has 0 radical (unpaired) electrons. The summed E-state index contributed by atoms with van der Waals surface area (Å²) in [6.45, 7) is 3.87. The highest BCUT2D eigenvalue weighted by molar-refractivity contribution is 9.11. The molecule has 0 aliphatic heterocycles. The number of nitrogens with one attached hydrogen (secondary N) is 1. The van der Waals surface area contributed by atoms with E-state index in [1.165, 1.54) is 11.3 Å². The number of aliphatic hydroxyl groups is 1. The molecular formula is C10H14BrNO2S. The van der Waals surface area contributed by atoms with Crippen molar-refractivity contribution < 1.29 is 9.90 Å². The van der Waals surface area contributed by atoms with Crippen molar-refractivity contribution in [3.63, 3.8) is 0 Å². The molecule has 0 spiro atoms. The van der Waals surface area contributed by atoms with E-state index in [-0.39, 0.29) is 24.5 Å². The SMILES string of the molecule is CC(CO)C(C)NC(=O)c1ccc(Br)s1. The van der Waals surface area contributed by atoms with E-state index in [4.69, 9.17) is 5.11 Å². The summed E-state index contributed by atoms with van der Waals surface area (Å²) >= 11 is 4.71. The van der Waals surface area contributed by atoms with E-state index in [9.17, 15) is 4.79 Å². The van der Waals surface area contributed by atoms with E-state index in [2.05, 4.69) is 21.2 Å². The molecular weight excluding hydrogens is 278 g/mol. The Morgan fingerprint density at radius 2 is 2.27 bits per heavy atom. The van der Waals surface area contributed by atoms with E-state index in [1.54, 1.807) is 6.07 Å². The molecule has 1 heterocycles. The number of hydrogen-bond acceptors (Lipinski definition) is 3. The van der Waals surface area contributed by atoms with Gasteiger partial charge in [-0.25, -0.2) is 0 Å². The molecule has 5 heteroatoms. The zero-order valence-electron chi connectivity index (χ0n) is 8.66. The third-order valence-corrected chi connectivity index (χ3v) is 3.92. The van der Waals surface area contributed by atoms with Crippen LogP contribution in [0.4, 0.5) is 0 Å². The lowest BCUT2D eigenvalue weighted by Crippen LogP contribution is -2.37. The van der Waals surface area contributed by atoms with Gasteiger partial charge in [0.05, 0.1) is 8.66 Å². The van der Waals surface area contributed by atoms with Crippen molar-refractivity contribution in [3.8, 4) is 0 Å². The predicted molar refractivity (Wildman–Crippen MR) is 65.2 cm³/mol.